The van der Waals surface area contributed by atoms with Gasteiger partial charge in [0.2, 0.25) is 11.5 Å². The van der Waals surface area contributed by atoms with Gasteiger partial charge < -0.3 is 14.8 Å². The van der Waals surface area contributed by atoms with Crippen molar-refractivity contribution in [2.45, 2.75) is 30.9 Å². The van der Waals surface area contributed by atoms with Gasteiger partial charge in [-0.25, -0.2) is 0 Å². The molecule has 2 rings (SSSR count). The van der Waals surface area contributed by atoms with Crippen LogP contribution in [-0.2, 0) is 16.1 Å². The Morgan fingerprint density at radius 1 is 1.19 bits per heavy atom. The summed E-state index contributed by atoms with van der Waals surface area (Å²) < 4.78 is 44.8. The first kappa shape index (κ1) is 20.4. The zero-order valence-corrected chi connectivity index (χ0v) is 15.0. The first-order valence-electron chi connectivity index (χ1n) is 7.97. The highest BCUT2D eigenvalue weighted by molar-refractivity contribution is 7.98. The average Bonchev–Trinajstić information content (AvgIpc) is 3.01. The van der Waals surface area contributed by atoms with E-state index in [1.807, 2.05) is 30.3 Å². The van der Waals surface area contributed by atoms with E-state index in [4.69, 9.17) is 4.42 Å². The van der Waals surface area contributed by atoms with E-state index >= 15 is 0 Å². The van der Waals surface area contributed by atoms with Crippen LogP contribution in [-0.4, -0.2) is 29.5 Å². The molecule has 0 aliphatic carbocycles. The van der Waals surface area contributed by atoms with Gasteiger partial charge in [-0.2, -0.15) is 24.9 Å². The van der Waals surface area contributed by atoms with E-state index in [9.17, 15) is 23.1 Å². The topological polar surface area (TPSA) is 62.5 Å². The summed E-state index contributed by atoms with van der Waals surface area (Å²) in [6.45, 7) is 1.67. The highest BCUT2D eigenvalue weighted by Crippen LogP contribution is 2.42. The Bertz CT molecular complexity index is 718. The molecule has 8 heteroatoms. The third-order valence-electron chi connectivity index (χ3n) is 3.71. The van der Waals surface area contributed by atoms with Crippen LogP contribution in [0.25, 0.3) is 0 Å². The molecule has 0 radical (unpaired) electrons. The molecule has 1 aromatic heterocycles. The van der Waals surface area contributed by atoms with Crippen molar-refractivity contribution < 1.29 is 27.5 Å². The van der Waals surface area contributed by atoms with Crippen LogP contribution in [0.5, 0.6) is 0 Å². The maximum absolute atomic E-state index is 13.3. The number of aliphatic hydroxyl groups is 1. The molecule has 1 heterocycles. The summed E-state index contributed by atoms with van der Waals surface area (Å²) in [6.07, 6.45) is -6.18. The molecular weight excluding hydrogens is 367 g/mol. The number of nitrogens with one attached hydrogen (secondary N) is 1. The SMILES string of the molecule is Cc1ccc([C@](O)(CC(=O)NCCSCc2ccccc2)C(F)(F)F)o1. The van der Waals surface area contributed by atoms with Crippen molar-refractivity contribution in [2.75, 3.05) is 12.3 Å². The Hall–Kier alpha value is -1.93. The summed E-state index contributed by atoms with van der Waals surface area (Å²) in [5.74, 6) is -0.0597. The predicted octanol–water partition coefficient (Wildman–Crippen LogP) is 3.78. The average molecular weight is 387 g/mol. The van der Waals surface area contributed by atoms with Crippen LogP contribution in [0.4, 0.5) is 13.2 Å². The van der Waals surface area contributed by atoms with E-state index < -0.39 is 29.9 Å². The molecular formula is C18H20F3NO3S. The normalized spacial score (nSPS) is 14.0. The molecule has 4 nitrogen and oxygen atoms in total. The van der Waals surface area contributed by atoms with Gasteiger partial charge in [-0.3, -0.25) is 4.79 Å². The fourth-order valence-electron chi connectivity index (χ4n) is 2.31. The first-order chi connectivity index (χ1) is 12.2. The first-order valence-corrected chi connectivity index (χ1v) is 9.12. The van der Waals surface area contributed by atoms with Crippen LogP contribution in [0, 0.1) is 6.92 Å². The number of aryl methyl sites for hydroxylation is 1. The molecule has 0 spiro atoms. The Labute approximate surface area is 153 Å². The standard InChI is InChI=1S/C18H20F3NO3S/c1-13-7-8-15(25-13)17(24,18(19,20)21)11-16(23)22-9-10-26-12-14-5-3-2-4-6-14/h2-8,24H,9-12H2,1H3,(H,22,23)/t17-/m1/s1. The van der Waals surface area contributed by atoms with Crippen molar-refractivity contribution in [2.24, 2.45) is 0 Å². The van der Waals surface area contributed by atoms with Crippen LogP contribution in [0.3, 0.4) is 0 Å². The van der Waals surface area contributed by atoms with Crippen LogP contribution in [0.1, 0.15) is 23.5 Å². The van der Waals surface area contributed by atoms with Gasteiger partial charge in [0.15, 0.2) is 0 Å². The van der Waals surface area contributed by atoms with Crippen LogP contribution >= 0.6 is 11.8 Å². The number of hydrogen-bond acceptors (Lipinski definition) is 4. The number of carbonyl (C=O) groups excluding carboxylic acids is 1. The monoisotopic (exact) mass is 387 g/mol. The Morgan fingerprint density at radius 2 is 1.88 bits per heavy atom. The lowest BCUT2D eigenvalue weighted by Gasteiger charge is -2.27. The minimum Gasteiger partial charge on any atom is -0.463 e. The predicted molar refractivity (Wildman–Crippen MR) is 93.6 cm³/mol. The highest BCUT2D eigenvalue weighted by Gasteiger charge is 2.58. The summed E-state index contributed by atoms with van der Waals surface area (Å²) in [7, 11) is 0. The summed E-state index contributed by atoms with van der Waals surface area (Å²) >= 11 is 1.55. The number of rotatable bonds is 8. The fraction of sp³-hybridized carbons (Fsp3) is 0.389. The summed E-state index contributed by atoms with van der Waals surface area (Å²) in [5, 5.41) is 12.5. The quantitative estimate of drug-likeness (QED) is 0.677. The van der Waals surface area contributed by atoms with Gasteiger partial charge in [0.25, 0.3) is 0 Å². The van der Waals surface area contributed by atoms with Crippen molar-refractivity contribution >= 4 is 17.7 Å². The molecule has 26 heavy (non-hydrogen) atoms. The number of amides is 1. The number of halogens is 3. The van der Waals surface area contributed by atoms with Crippen LogP contribution in [0.15, 0.2) is 46.9 Å². The highest BCUT2D eigenvalue weighted by atomic mass is 32.2. The number of benzene rings is 1. The molecule has 1 atom stereocenters. The van der Waals surface area contributed by atoms with Gasteiger partial charge in [0, 0.05) is 18.1 Å². The molecule has 0 aliphatic heterocycles. The number of thioether (sulfide) groups is 1. The molecule has 2 aromatic rings. The van der Waals surface area contributed by atoms with Crippen LogP contribution < -0.4 is 5.32 Å². The minimum absolute atomic E-state index is 0.210. The van der Waals surface area contributed by atoms with E-state index in [0.717, 1.165) is 17.4 Å². The third kappa shape index (κ3) is 5.28. The molecule has 0 saturated carbocycles. The van der Waals surface area contributed by atoms with Gasteiger partial charge in [0.05, 0.1) is 6.42 Å². The summed E-state index contributed by atoms with van der Waals surface area (Å²) in [6, 6.07) is 12.0. The molecule has 1 aromatic carbocycles. The summed E-state index contributed by atoms with van der Waals surface area (Å²) in [4.78, 5) is 11.9. The molecule has 0 bridgehead atoms. The largest absolute Gasteiger partial charge is 0.463 e. The smallest absolute Gasteiger partial charge is 0.425 e. The van der Waals surface area contributed by atoms with E-state index in [1.54, 1.807) is 11.8 Å². The lowest BCUT2D eigenvalue weighted by Crippen LogP contribution is -2.46. The van der Waals surface area contributed by atoms with Gasteiger partial charge >= 0.3 is 6.18 Å². The Balaban J connectivity index is 1.84. The van der Waals surface area contributed by atoms with Crippen molar-refractivity contribution in [3.8, 4) is 0 Å². The van der Waals surface area contributed by atoms with Gasteiger partial charge in [-0.1, -0.05) is 30.3 Å². The van der Waals surface area contributed by atoms with Gasteiger partial charge in [-0.05, 0) is 24.6 Å². The molecule has 2 N–H and O–H groups in total. The third-order valence-corrected chi connectivity index (χ3v) is 4.74. The Kier molecular flexibility index (Phi) is 6.77. The second kappa shape index (κ2) is 8.64. The molecule has 0 unspecified atom stereocenters. The molecule has 0 saturated heterocycles. The molecule has 142 valence electrons. The number of hydrogen-bond donors (Lipinski definition) is 2. The van der Waals surface area contributed by atoms with E-state index in [-0.39, 0.29) is 12.3 Å². The second-order valence-electron chi connectivity index (χ2n) is 5.83. The van der Waals surface area contributed by atoms with E-state index in [1.165, 1.54) is 13.0 Å². The number of furan rings is 1. The van der Waals surface area contributed by atoms with Crippen molar-refractivity contribution in [1.82, 2.24) is 5.32 Å². The number of carbonyl (C=O) groups is 1. The zero-order valence-electron chi connectivity index (χ0n) is 14.2. The Morgan fingerprint density at radius 3 is 2.46 bits per heavy atom. The maximum Gasteiger partial charge on any atom is 0.425 e. The van der Waals surface area contributed by atoms with E-state index in [0.29, 0.717) is 5.75 Å². The van der Waals surface area contributed by atoms with Gasteiger partial charge in [0.1, 0.15) is 11.5 Å². The lowest BCUT2D eigenvalue weighted by atomic mass is 9.95. The lowest BCUT2D eigenvalue weighted by molar-refractivity contribution is -0.273. The minimum atomic E-state index is -5.03. The molecule has 1 amide bonds. The van der Waals surface area contributed by atoms with Crippen molar-refractivity contribution in [3.63, 3.8) is 0 Å². The summed E-state index contributed by atoms with van der Waals surface area (Å²) in [5.41, 5.74) is -2.22. The molecule has 0 fully saturated rings. The van der Waals surface area contributed by atoms with Crippen molar-refractivity contribution in [3.05, 3.63) is 59.5 Å². The zero-order chi connectivity index (χ0) is 19.2. The number of alkyl halides is 3. The van der Waals surface area contributed by atoms with Gasteiger partial charge in [-0.15, -0.1) is 0 Å². The van der Waals surface area contributed by atoms with Crippen molar-refractivity contribution in [1.29, 1.82) is 0 Å². The second-order valence-corrected chi connectivity index (χ2v) is 6.94. The maximum atomic E-state index is 13.3. The van der Waals surface area contributed by atoms with E-state index in [2.05, 4.69) is 5.32 Å². The fourth-order valence-corrected chi connectivity index (χ4v) is 3.12. The molecule has 0 aliphatic rings. The van der Waals surface area contributed by atoms with Crippen LogP contribution in [0.2, 0.25) is 0 Å².